The van der Waals surface area contributed by atoms with Crippen molar-refractivity contribution in [2.24, 2.45) is 0 Å². The number of hydrogen-bond donors (Lipinski definition) is 1. The van der Waals surface area contributed by atoms with Crippen LogP contribution in [0.25, 0.3) is 5.76 Å². The van der Waals surface area contributed by atoms with Gasteiger partial charge in [0.05, 0.1) is 18.4 Å². The van der Waals surface area contributed by atoms with Crippen LogP contribution in [0, 0.1) is 0 Å². The number of ketones is 1. The van der Waals surface area contributed by atoms with Crippen LogP contribution in [0.4, 0.5) is 0 Å². The third kappa shape index (κ3) is 4.29. The van der Waals surface area contributed by atoms with Crippen LogP contribution in [0.5, 0.6) is 5.75 Å². The van der Waals surface area contributed by atoms with E-state index in [-0.39, 0.29) is 23.3 Å². The molecule has 1 N–H and O–H groups in total. The van der Waals surface area contributed by atoms with E-state index in [4.69, 9.17) is 4.74 Å². The largest absolute Gasteiger partial charge is 0.507 e. The second kappa shape index (κ2) is 9.09. The third-order valence-corrected chi connectivity index (χ3v) is 5.89. The number of amides is 1. The highest BCUT2D eigenvalue weighted by molar-refractivity contribution is 6.46. The highest BCUT2D eigenvalue weighted by Crippen LogP contribution is 2.41. The minimum atomic E-state index is -0.824. The van der Waals surface area contributed by atoms with E-state index in [9.17, 15) is 14.7 Å². The molecule has 174 valence electrons. The summed E-state index contributed by atoms with van der Waals surface area (Å²) in [7, 11) is 1.59. The van der Waals surface area contributed by atoms with Crippen LogP contribution >= 0.6 is 0 Å². The van der Waals surface area contributed by atoms with Gasteiger partial charge in [-0.05, 0) is 53.4 Å². The molecule has 1 aliphatic rings. The number of ether oxygens (including phenoxy) is 1. The molecule has 1 fully saturated rings. The van der Waals surface area contributed by atoms with Crippen LogP contribution in [0.15, 0.2) is 72.7 Å². The van der Waals surface area contributed by atoms with Crippen LogP contribution < -0.4 is 4.74 Å². The Morgan fingerprint density at radius 3 is 2.41 bits per heavy atom. The molecule has 1 unspecified atom stereocenters. The van der Waals surface area contributed by atoms with E-state index in [0.29, 0.717) is 17.0 Å². The normalized spacial score (nSPS) is 17.8. The molecule has 4 rings (SSSR count). The fourth-order valence-electron chi connectivity index (χ4n) is 4.17. The van der Waals surface area contributed by atoms with Gasteiger partial charge < -0.3 is 14.7 Å². The fraction of sp³-hybridized carbons (Fsp3) is 0.259. The lowest BCUT2D eigenvalue weighted by atomic mass is 9.84. The molecule has 7 nitrogen and oxygen atoms in total. The summed E-state index contributed by atoms with van der Waals surface area (Å²) in [6.45, 7) is 6.30. The number of Topliss-reactive ketones (excluding diaryl/α,β-unsaturated/α-hetero) is 1. The number of pyridine rings is 2. The minimum Gasteiger partial charge on any atom is -0.507 e. The van der Waals surface area contributed by atoms with Gasteiger partial charge in [-0.1, -0.05) is 26.8 Å². The number of likely N-dealkylation sites (tertiary alicyclic amines) is 1. The van der Waals surface area contributed by atoms with Gasteiger partial charge in [-0.2, -0.15) is 0 Å². The first-order valence-electron chi connectivity index (χ1n) is 11.0. The number of benzene rings is 1. The molecule has 0 aliphatic carbocycles. The van der Waals surface area contributed by atoms with E-state index in [1.807, 2.05) is 20.8 Å². The summed E-state index contributed by atoms with van der Waals surface area (Å²) in [6.07, 6.45) is 4.87. The lowest BCUT2D eigenvalue weighted by Gasteiger charge is -2.25. The molecular weight excluding hydrogens is 430 g/mol. The molecule has 0 radical (unpaired) electrons. The van der Waals surface area contributed by atoms with Crippen molar-refractivity contribution in [1.82, 2.24) is 14.9 Å². The molecule has 1 atom stereocenters. The Balaban J connectivity index is 1.88. The van der Waals surface area contributed by atoms with E-state index >= 15 is 0 Å². The maximum absolute atomic E-state index is 13.2. The van der Waals surface area contributed by atoms with Gasteiger partial charge >= 0.3 is 0 Å². The Morgan fingerprint density at radius 1 is 1.06 bits per heavy atom. The zero-order valence-electron chi connectivity index (χ0n) is 19.6. The van der Waals surface area contributed by atoms with E-state index < -0.39 is 17.7 Å². The monoisotopic (exact) mass is 457 g/mol. The van der Waals surface area contributed by atoms with Crippen molar-refractivity contribution in [2.45, 2.75) is 38.8 Å². The Morgan fingerprint density at radius 2 is 1.79 bits per heavy atom. The quantitative estimate of drug-likeness (QED) is 0.347. The standard InChI is InChI=1S/C27H27N3O4/c1-27(2,3)19-15-18(8-9-21(19)34-4)24(31)22-23(20-7-5-6-12-29-20)30(26(33)25(22)32)16-17-10-13-28-14-11-17/h5-15,23,31H,16H2,1-4H3/b24-22-. The topological polar surface area (TPSA) is 92.6 Å². The zero-order chi connectivity index (χ0) is 24.5. The number of carbonyl (C=O) groups is 2. The van der Waals surface area contributed by atoms with Crippen LogP contribution in [-0.2, 0) is 21.5 Å². The maximum atomic E-state index is 13.2. The smallest absolute Gasteiger partial charge is 0.296 e. The molecule has 2 aromatic heterocycles. The number of aliphatic hydroxyl groups is 1. The first-order valence-corrected chi connectivity index (χ1v) is 11.0. The van der Waals surface area contributed by atoms with E-state index in [1.165, 1.54) is 4.90 Å². The molecule has 0 bridgehead atoms. The van der Waals surface area contributed by atoms with Crippen LogP contribution in [-0.4, -0.2) is 38.8 Å². The molecular formula is C27H27N3O4. The molecule has 0 saturated carbocycles. The van der Waals surface area contributed by atoms with Crippen molar-refractivity contribution in [1.29, 1.82) is 0 Å². The first kappa shape index (κ1) is 23.2. The summed E-state index contributed by atoms with van der Waals surface area (Å²) >= 11 is 0. The molecule has 0 spiro atoms. The number of aromatic nitrogens is 2. The molecule has 3 heterocycles. The molecule has 1 saturated heterocycles. The Labute approximate surface area is 198 Å². The summed E-state index contributed by atoms with van der Waals surface area (Å²) in [6, 6.07) is 13.3. The van der Waals surface area contributed by atoms with Gasteiger partial charge in [0.1, 0.15) is 17.6 Å². The Kier molecular flexibility index (Phi) is 6.20. The molecule has 1 aromatic carbocycles. The summed E-state index contributed by atoms with van der Waals surface area (Å²) < 4.78 is 5.50. The van der Waals surface area contributed by atoms with Gasteiger partial charge in [-0.15, -0.1) is 0 Å². The summed E-state index contributed by atoms with van der Waals surface area (Å²) in [5, 5.41) is 11.4. The predicted molar refractivity (Wildman–Crippen MR) is 128 cm³/mol. The molecule has 1 amide bonds. The lowest BCUT2D eigenvalue weighted by Crippen LogP contribution is -2.29. The molecule has 7 heteroatoms. The van der Waals surface area contributed by atoms with Crippen molar-refractivity contribution in [3.63, 3.8) is 0 Å². The highest BCUT2D eigenvalue weighted by Gasteiger charge is 2.46. The predicted octanol–water partition coefficient (Wildman–Crippen LogP) is 4.40. The van der Waals surface area contributed by atoms with Gasteiger partial charge in [-0.3, -0.25) is 19.6 Å². The Bertz CT molecular complexity index is 1250. The van der Waals surface area contributed by atoms with Gasteiger partial charge in [0.15, 0.2) is 0 Å². The van der Waals surface area contributed by atoms with Crippen LogP contribution in [0.1, 0.15) is 49.2 Å². The maximum Gasteiger partial charge on any atom is 0.296 e. The van der Waals surface area contributed by atoms with Crippen LogP contribution in [0.3, 0.4) is 0 Å². The average Bonchev–Trinajstić information content (AvgIpc) is 3.08. The Hall–Kier alpha value is -4.00. The van der Waals surface area contributed by atoms with Crippen molar-refractivity contribution in [3.05, 3.63) is 95.1 Å². The second-order valence-corrected chi connectivity index (χ2v) is 9.20. The van der Waals surface area contributed by atoms with E-state index in [2.05, 4.69) is 9.97 Å². The van der Waals surface area contributed by atoms with Gasteiger partial charge in [0.25, 0.3) is 11.7 Å². The number of nitrogens with zero attached hydrogens (tertiary/aromatic N) is 3. The number of hydrogen-bond acceptors (Lipinski definition) is 6. The summed E-state index contributed by atoms with van der Waals surface area (Å²) in [5.74, 6) is -0.975. The summed E-state index contributed by atoms with van der Waals surface area (Å²) in [5.41, 5.74) is 2.38. The van der Waals surface area contributed by atoms with Crippen molar-refractivity contribution in [2.75, 3.05) is 7.11 Å². The zero-order valence-corrected chi connectivity index (χ0v) is 19.6. The van der Waals surface area contributed by atoms with Crippen molar-refractivity contribution < 1.29 is 19.4 Å². The highest BCUT2D eigenvalue weighted by atomic mass is 16.5. The molecule has 34 heavy (non-hydrogen) atoms. The number of aliphatic hydroxyl groups excluding tert-OH is 1. The fourth-order valence-corrected chi connectivity index (χ4v) is 4.17. The van der Waals surface area contributed by atoms with Gasteiger partial charge in [0, 0.05) is 36.3 Å². The third-order valence-electron chi connectivity index (χ3n) is 5.89. The summed E-state index contributed by atoms with van der Waals surface area (Å²) in [4.78, 5) is 36.2. The van der Waals surface area contributed by atoms with E-state index in [1.54, 1.807) is 74.2 Å². The first-order chi connectivity index (χ1) is 16.2. The van der Waals surface area contributed by atoms with Crippen LogP contribution in [0.2, 0.25) is 0 Å². The van der Waals surface area contributed by atoms with Crippen molar-refractivity contribution >= 4 is 17.4 Å². The molecule has 1 aliphatic heterocycles. The molecule has 3 aromatic rings. The van der Waals surface area contributed by atoms with Gasteiger partial charge in [0.2, 0.25) is 0 Å². The number of carbonyl (C=O) groups excluding carboxylic acids is 2. The SMILES string of the molecule is COc1ccc(/C(O)=C2/C(=O)C(=O)N(Cc3ccncc3)C2c2ccccn2)cc1C(C)(C)C. The van der Waals surface area contributed by atoms with Gasteiger partial charge in [-0.25, -0.2) is 0 Å². The van der Waals surface area contributed by atoms with Crippen molar-refractivity contribution in [3.8, 4) is 5.75 Å². The second-order valence-electron chi connectivity index (χ2n) is 9.20. The number of rotatable bonds is 5. The lowest BCUT2D eigenvalue weighted by molar-refractivity contribution is -0.140. The average molecular weight is 458 g/mol. The number of methoxy groups -OCH3 is 1. The minimum absolute atomic E-state index is 0.0165. The van der Waals surface area contributed by atoms with E-state index in [0.717, 1.165) is 11.1 Å².